The minimum absolute atomic E-state index is 0.231. The van der Waals surface area contributed by atoms with Crippen molar-refractivity contribution < 1.29 is 0 Å². The third-order valence-corrected chi connectivity index (χ3v) is 6.21. The molecule has 1 fully saturated rings. The van der Waals surface area contributed by atoms with Crippen molar-refractivity contribution in [1.29, 1.82) is 0 Å². The highest BCUT2D eigenvalue weighted by Crippen LogP contribution is 2.46. The van der Waals surface area contributed by atoms with E-state index in [0.29, 0.717) is 0 Å². The van der Waals surface area contributed by atoms with E-state index in [4.69, 9.17) is 0 Å². The Labute approximate surface area is 129 Å². The Hall–Kier alpha value is -1.08. The highest BCUT2D eigenvalue weighted by molar-refractivity contribution is 9.09. The molecule has 0 radical (unpaired) electrons. The van der Waals surface area contributed by atoms with Gasteiger partial charge < -0.3 is 0 Å². The van der Waals surface area contributed by atoms with Gasteiger partial charge in [0.2, 0.25) is 0 Å². The topological polar surface area (TPSA) is 0 Å². The summed E-state index contributed by atoms with van der Waals surface area (Å²) in [5, 5.41) is 0. The zero-order chi connectivity index (χ0) is 13.6. The first-order valence-electron chi connectivity index (χ1n) is 7.67. The van der Waals surface area contributed by atoms with Crippen LogP contribution in [0.1, 0.15) is 48.8 Å². The molecule has 4 rings (SSSR count). The van der Waals surface area contributed by atoms with Gasteiger partial charge in [0, 0.05) is 0 Å². The second kappa shape index (κ2) is 4.73. The van der Waals surface area contributed by atoms with Gasteiger partial charge in [-0.25, -0.2) is 0 Å². The Morgan fingerprint density at radius 2 is 1.55 bits per heavy atom. The number of hydrogen-bond acceptors (Lipinski definition) is 0. The van der Waals surface area contributed by atoms with Crippen molar-refractivity contribution >= 4 is 15.9 Å². The maximum Gasteiger partial charge on any atom is 0.0506 e. The van der Waals surface area contributed by atoms with E-state index in [2.05, 4.69) is 58.4 Å². The van der Waals surface area contributed by atoms with Crippen molar-refractivity contribution in [3.63, 3.8) is 0 Å². The second-order valence-electron chi connectivity index (χ2n) is 6.23. The van der Waals surface area contributed by atoms with Gasteiger partial charge in [-0.2, -0.15) is 0 Å². The maximum absolute atomic E-state index is 4.05. The summed E-state index contributed by atoms with van der Waals surface area (Å²) in [4.78, 5) is 0. The lowest BCUT2D eigenvalue weighted by atomic mass is 9.83. The first-order chi connectivity index (χ1) is 9.76. The van der Waals surface area contributed by atoms with E-state index in [0.717, 1.165) is 6.42 Å². The number of rotatable bonds is 1. The van der Waals surface area contributed by atoms with Crippen LogP contribution >= 0.6 is 15.9 Å². The third-order valence-electron chi connectivity index (χ3n) is 4.96. The van der Waals surface area contributed by atoms with Crippen LogP contribution in [-0.2, 0) is 10.7 Å². The van der Waals surface area contributed by atoms with E-state index < -0.39 is 0 Å². The average Bonchev–Trinajstić information content (AvgIpc) is 2.85. The van der Waals surface area contributed by atoms with Gasteiger partial charge in [-0.05, 0) is 47.1 Å². The summed E-state index contributed by atoms with van der Waals surface area (Å²) < 4.78 is 0.231. The van der Waals surface area contributed by atoms with Crippen LogP contribution in [0.4, 0.5) is 0 Å². The molecule has 0 nitrogen and oxygen atoms in total. The molecule has 0 atom stereocenters. The van der Waals surface area contributed by atoms with Gasteiger partial charge in [0.25, 0.3) is 0 Å². The lowest BCUT2D eigenvalue weighted by Crippen LogP contribution is -2.21. The molecule has 1 heteroatoms. The molecule has 1 saturated carbocycles. The summed E-state index contributed by atoms with van der Waals surface area (Å²) in [5.41, 5.74) is 7.35. The smallest absolute Gasteiger partial charge is 0.0506 e. The van der Waals surface area contributed by atoms with Gasteiger partial charge in [0.05, 0.1) is 4.32 Å². The summed E-state index contributed by atoms with van der Waals surface area (Å²) in [5.74, 6) is 0. The first-order valence-corrected chi connectivity index (χ1v) is 8.46. The molecule has 2 aliphatic carbocycles. The van der Waals surface area contributed by atoms with Crippen LogP contribution in [0, 0.1) is 0 Å². The van der Waals surface area contributed by atoms with E-state index in [-0.39, 0.29) is 4.32 Å². The van der Waals surface area contributed by atoms with Crippen LogP contribution in [0.5, 0.6) is 0 Å². The fourth-order valence-electron chi connectivity index (χ4n) is 3.82. The Bertz CT molecular complexity index is 651. The van der Waals surface area contributed by atoms with Crippen LogP contribution in [0.25, 0.3) is 11.1 Å². The number of fused-ring (bicyclic) bond motifs is 3. The number of benzene rings is 2. The molecular formula is C19H19Br. The molecule has 0 saturated heterocycles. The van der Waals surface area contributed by atoms with Crippen LogP contribution in [0.3, 0.4) is 0 Å². The minimum atomic E-state index is 0.231. The van der Waals surface area contributed by atoms with Crippen molar-refractivity contribution in [3.05, 3.63) is 59.2 Å². The van der Waals surface area contributed by atoms with Crippen molar-refractivity contribution in [2.45, 2.75) is 42.8 Å². The molecule has 102 valence electrons. The molecule has 2 aromatic rings. The van der Waals surface area contributed by atoms with Crippen molar-refractivity contribution in [1.82, 2.24) is 0 Å². The first kappa shape index (κ1) is 12.6. The van der Waals surface area contributed by atoms with E-state index in [1.165, 1.54) is 59.9 Å². The standard InChI is InChI=1S/C19H19Br/c20-19(10-4-1-5-11-19)16-8-9-18-15(13-16)12-14-6-2-3-7-17(14)18/h2-3,6-9,13H,1,4-5,10-12H2. The summed E-state index contributed by atoms with van der Waals surface area (Å²) in [6.45, 7) is 0. The summed E-state index contributed by atoms with van der Waals surface area (Å²) in [6, 6.07) is 16.0. The largest absolute Gasteiger partial charge is 0.0801 e. The quantitative estimate of drug-likeness (QED) is 0.495. The van der Waals surface area contributed by atoms with Crippen molar-refractivity contribution in [3.8, 4) is 11.1 Å². The van der Waals surface area contributed by atoms with E-state index in [1.54, 1.807) is 0 Å². The Kier molecular flexibility index (Phi) is 2.99. The lowest BCUT2D eigenvalue weighted by Gasteiger charge is -2.32. The number of halogens is 1. The van der Waals surface area contributed by atoms with Crippen molar-refractivity contribution in [2.75, 3.05) is 0 Å². The maximum atomic E-state index is 4.05. The van der Waals surface area contributed by atoms with E-state index in [9.17, 15) is 0 Å². The number of hydrogen-bond donors (Lipinski definition) is 0. The van der Waals surface area contributed by atoms with Crippen LogP contribution in [-0.4, -0.2) is 0 Å². The van der Waals surface area contributed by atoms with Crippen LogP contribution in [0.15, 0.2) is 42.5 Å². The molecule has 0 aliphatic heterocycles. The highest BCUT2D eigenvalue weighted by atomic mass is 79.9. The average molecular weight is 327 g/mol. The van der Waals surface area contributed by atoms with Crippen LogP contribution in [0.2, 0.25) is 0 Å². The summed E-state index contributed by atoms with van der Waals surface area (Å²) in [6.07, 6.45) is 7.74. The molecular weight excluding hydrogens is 308 g/mol. The Morgan fingerprint density at radius 1 is 0.800 bits per heavy atom. The number of alkyl halides is 1. The molecule has 0 aromatic heterocycles. The summed E-state index contributed by atoms with van der Waals surface area (Å²) in [7, 11) is 0. The van der Waals surface area contributed by atoms with Gasteiger partial charge in [0.1, 0.15) is 0 Å². The molecule has 20 heavy (non-hydrogen) atoms. The molecule has 0 amide bonds. The fourth-order valence-corrected chi connectivity index (χ4v) is 4.63. The van der Waals surface area contributed by atoms with E-state index in [1.807, 2.05) is 0 Å². The lowest BCUT2D eigenvalue weighted by molar-refractivity contribution is 0.415. The second-order valence-corrected chi connectivity index (χ2v) is 7.75. The van der Waals surface area contributed by atoms with Gasteiger partial charge >= 0.3 is 0 Å². The Morgan fingerprint density at radius 3 is 2.40 bits per heavy atom. The molecule has 0 unspecified atom stereocenters. The minimum Gasteiger partial charge on any atom is -0.0801 e. The summed E-state index contributed by atoms with van der Waals surface area (Å²) >= 11 is 4.05. The predicted octanol–water partition coefficient (Wildman–Crippen LogP) is 5.81. The van der Waals surface area contributed by atoms with E-state index >= 15 is 0 Å². The molecule has 0 heterocycles. The Balaban J connectivity index is 1.75. The van der Waals surface area contributed by atoms with Crippen molar-refractivity contribution in [2.24, 2.45) is 0 Å². The van der Waals surface area contributed by atoms with Gasteiger partial charge in [0.15, 0.2) is 0 Å². The third kappa shape index (κ3) is 1.95. The molecule has 2 aliphatic rings. The molecule has 0 spiro atoms. The molecule has 0 N–H and O–H groups in total. The van der Waals surface area contributed by atoms with Gasteiger partial charge in [-0.3, -0.25) is 0 Å². The molecule has 2 aromatic carbocycles. The fraction of sp³-hybridized carbons (Fsp3) is 0.368. The predicted molar refractivity (Wildman–Crippen MR) is 88.4 cm³/mol. The van der Waals surface area contributed by atoms with Gasteiger partial charge in [-0.1, -0.05) is 77.7 Å². The zero-order valence-electron chi connectivity index (χ0n) is 11.7. The van der Waals surface area contributed by atoms with Gasteiger partial charge in [-0.15, -0.1) is 0 Å². The normalized spacial score (nSPS) is 19.4. The highest BCUT2D eigenvalue weighted by Gasteiger charge is 2.32. The molecule has 0 bridgehead atoms. The zero-order valence-corrected chi connectivity index (χ0v) is 13.2. The van der Waals surface area contributed by atoms with Crippen LogP contribution < -0.4 is 0 Å². The SMILES string of the molecule is BrC1(c2ccc3c(c2)Cc2ccccc2-3)CCCCC1. The monoisotopic (exact) mass is 326 g/mol.